The van der Waals surface area contributed by atoms with Crippen LogP contribution in [-0.2, 0) is 4.74 Å². The molecule has 240 valence electrons. The number of benzene rings is 3. The van der Waals surface area contributed by atoms with Gasteiger partial charge in [0.15, 0.2) is 0 Å². The Balaban J connectivity index is 1.27. The second-order valence-electron chi connectivity index (χ2n) is 13.1. The standard InChI is InChI=1S/C39H40N4O4/c1-25-33(37(44)42-18-14-30(15-19-42)28-10-6-26(23-40)7-11-28)22-34(39(46)47-2)36(32-4-3-5-32)35(25)38(45)43-20-16-31(17-21-43)29-12-8-27(24-41)9-13-29/h6-13,22,30-32H,3-5,14-21H2,1-2H3. The molecule has 0 aromatic heterocycles. The molecule has 6 rings (SSSR count). The van der Waals surface area contributed by atoms with Gasteiger partial charge in [0.2, 0.25) is 0 Å². The molecule has 8 heteroatoms. The minimum atomic E-state index is -0.519. The molecule has 3 aromatic rings. The van der Waals surface area contributed by atoms with E-state index in [1.54, 1.807) is 6.07 Å². The van der Waals surface area contributed by atoms with E-state index in [-0.39, 0.29) is 17.7 Å². The van der Waals surface area contributed by atoms with Crippen LogP contribution in [0.1, 0.15) is 127 Å². The van der Waals surface area contributed by atoms with Crippen LogP contribution >= 0.6 is 0 Å². The Morgan fingerprint density at radius 1 is 0.681 bits per heavy atom. The molecule has 2 aliphatic heterocycles. The molecule has 0 spiro atoms. The molecule has 3 aliphatic rings. The van der Waals surface area contributed by atoms with Gasteiger partial charge in [-0.1, -0.05) is 30.7 Å². The first-order chi connectivity index (χ1) is 22.8. The Labute approximate surface area is 276 Å². The summed E-state index contributed by atoms with van der Waals surface area (Å²) in [7, 11) is 1.34. The largest absolute Gasteiger partial charge is 0.465 e. The molecule has 0 N–H and O–H groups in total. The third-order valence-corrected chi connectivity index (χ3v) is 10.6. The SMILES string of the molecule is COC(=O)c1cc(C(=O)N2CCC(c3ccc(C#N)cc3)CC2)c(C)c(C(=O)N2CCC(c3ccc(C#N)cc3)CC2)c1C1CCC1. The number of nitrogens with zero attached hydrogens (tertiary/aromatic N) is 4. The molecule has 1 aliphatic carbocycles. The van der Waals surface area contributed by atoms with Crippen LogP contribution in [0, 0.1) is 29.6 Å². The fraction of sp³-hybridized carbons (Fsp3) is 0.410. The van der Waals surface area contributed by atoms with Crippen LogP contribution in [-0.4, -0.2) is 60.9 Å². The van der Waals surface area contributed by atoms with Crippen molar-refractivity contribution < 1.29 is 19.1 Å². The first-order valence-electron chi connectivity index (χ1n) is 16.7. The highest BCUT2D eigenvalue weighted by molar-refractivity contribution is 6.07. The topological polar surface area (TPSA) is 114 Å². The first-order valence-corrected chi connectivity index (χ1v) is 16.7. The summed E-state index contributed by atoms with van der Waals surface area (Å²) in [4.78, 5) is 45.6. The summed E-state index contributed by atoms with van der Waals surface area (Å²) in [5.41, 5.74) is 6.18. The van der Waals surface area contributed by atoms with E-state index in [0.717, 1.165) is 50.5 Å². The van der Waals surface area contributed by atoms with E-state index in [4.69, 9.17) is 15.3 Å². The van der Waals surface area contributed by atoms with E-state index in [0.29, 0.717) is 71.4 Å². The maximum atomic E-state index is 14.5. The lowest BCUT2D eigenvalue weighted by molar-refractivity contribution is 0.0598. The molecular weight excluding hydrogens is 588 g/mol. The van der Waals surface area contributed by atoms with Gasteiger partial charge in [0.05, 0.1) is 35.9 Å². The lowest BCUT2D eigenvalue weighted by Gasteiger charge is -2.36. The van der Waals surface area contributed by atoms with Crippen LogP contribution in [0.25, 0.3) is 0 Å². The maximum Gasteiger partial charge on any atom is 0.338 e. The predicted octanol–water partition coefficient (Wildman–Crippen LogP) is 6.83. The minimum absolute atomic E-state index is 0.0743. The molecule has 3 fully saturated rings. The molecule has 8 nitrogen and oxygen atoms in total. The molecule has 0 radical (unpaired) electrons. The van der Waals surface area contributed by atoms with Crippen molar-refractivity contribution >= 4 is 17.8 Å². The average Bonchev–Trinajstić information content (AvgIpc) is 3.10. The van der Waals surface area contributed by atoms with Crippen molar-refractivity contribution in [2.24, 2.45) is 0 Å². The average molecular weight is 629 g/mol. The molecule has 2 amide bonds. The zero-order valence-electron chi connectivity index (χ0n) is 27.1. The molecule has 2 heterocycles. The number of likely N-dealkylation sites (tertiary alicyclic amines) is 2. The summed E-state index contributed by atoms with van der Waals surface area (Å²) in [5.74, 6) is -0.144. The van der Waals surface area contributed by atoms with Gasteiger partial charge in [-0.05, 0) is 116 Å². The molecular formula is C39H40N4O4. The molecule has 47 heavy (non-hydrogen) atoms. The monoisotopic (exact) mass is 628 g/mol. The molecule has 0 bridgehead atoms. The predicted molar refractivity (Wildman–Crippen MR) is 177 cm³/mol. The van der Waals surface area contributed by atoms with Crippen molar-refractivity contribution in [2.45, 2.75) is 69.6 Å². The van der Waals surface area contributed by atoms with Gasteiger partial charge >= 0.3 is 5.97 Å². The number of rotatable bonds is 6. The van der Waals surface area contributed by atoms with Crippen LogP contribution in [0.4, 0.5) is 0 Å². The van der Waals surface area contributed by atoms with Crippen LogP contribution in [0.2, 0.25) is 0 Å². The number of piperidine rings is 2. The van der Waals surface area contributed by atoms with Crippen LogP contribution in [0.15, 0.2) is 54.6 Å². The van der Waals surface area contributed by atoms with Crippen LogP contribution in [0.3, 0.4) is 0 Å². The van der Waals surface area contributed by atoms with E-state index in [1.165, 1.54) is 18.2 Å². The van der Waals surface area contributed by atoms with Gasteiger partial charge in [-0.2, -0.15) is 10.5 Å². The molecule has 0 atom stereocenters. The van der Waals surface area contributed by atoms with Crippen molar-refractivity contribution in [3.05, 3.63) is 105 Å². The lowest BCUT2D eigenvalue weighted by atomic mass is 9.74. The Hall–Kier alpha value is -4.95. The lowest BCUT2D eigenvalue weighted by Crippen LogP contribution is -2.41. The first kappa shape index (κ1) is 32.0. The zero-order valence-corrected chi connectivity index (χ0v) is 27.1. The minimum Gasteiger partial charge on any atom is -0.465 e. The number of amides is 2. The Morgan fingerprint density at radius 3 is 1.55 bits per heavy atom. The van der Waals surface area contributed by atoms with E-state index < -0.39 is 5.97 Å². The van der Waals surface area contributed by atoms with Crippen LogP contribution < -0.4 is 0 Å². The van der Waals surface area contributed by atoms with E-state index in [9.17, 15) is 14.4 Å². The summed E-state index contributed by atoms with van der Waals surface area (Å²) in [6.07, 6.45) is 5.99. The van der Waals surface area contributed by atoms with Crippen molar-refractivity contribution in [3.63, 3.8) is 0 Å². The number of hydrogen-bond donors (Lipinski definition) is 0. The maximum absolute atomic E-state index is 14.5. The number of ether oxygens (including phenoxy) is 1. The van der Waals surface area contributed by atoms with Crippen LogP contribution in [0.5, 0.6) is 0 Å². The number of methoxy groups -OCH3 is 1. The Morgan fingerprint density at radius 2 is 1.15 bits per heavy atom. The highest BCUT2D eigenvalue weighted by atomic mass is 16.5. The van der Waals surface area contributed by atoms with Crippen molar-refractivity contribution in [1.29, 1.82) is 10.5 Å². The number of esters is 1. The molecule has 3 aromatic carbocycles. The fourth-order valence-corrected chi connectivity index (χ4v) is 7.52. The van der Waals surface area contributed by atoms with E-state index >= 15 is 0 Å². The van der Waals surface area contributed by atoms with Gasteiger partial charge < -0.3 is 14.5 Å². The molecule has 2 saturated heterocycles. The fourth-order valence-electron chi connectivity index (χ4n) is 7.52. The van der Waals surface area contributed by atoms with E-state index in [1.807, 2.05) is 65.3 Å². The molecule has 1 saturated carbocycles. The number of hydrogen-bond acceptors (Lipinski definition) is 6. The third-order valence-electron chi connectivity index (χ3n) is 10.6. The van der Waals surface area contributed by atoms with Gasteiger partial charge in [0.25, 0.3) is 11.8 Å². The smallest absolute Gasteiger partial charge is 0.338 e. The highest BCUT2D eigenvalue weighted by Gasteiger charge is 2.37. The number of carbonyl (C=O) groups excluding carboxylic acids is 3. The van der Waals surface area contributed by atoms with Gasteiger partial charge in [-0.25, -0.2) is 4.79 Å². The highest BCUT2D eigenvalue weighted by Crippen LogP contribution is 2.43. The van der Waals surface area contributed by atoms with Crippen molar-refractivity contribution in [1.82, 2.24) is 9.80 Å². The summed E-state index contributed by atoms with van der Waals surface area (Å²) in [5, 5.41) is 18.3. The van der Waals surface area contributed by atoms with Gasteiger partial charge in [0.1, 0.15) is 0 Å². The summed E-state index contributed by atoms with van der Waals surface area (Å²) < 4.78 is 5.23. The zero-order chi connectivity index (χ0) is 33.1. The summed E-state index contributed by atoms with van der Waals surface area (Å²) >= 11 is 0. The third kappa shape index (κ3) is 6.38. The number of nitriles is 2. The number of carbonyl (C=O) groups is 3. The second kappa shape index (κ2) is 13.8. The van der Waals surface area contributed by atoms with Crippen molar-refractivity contribution in [2.75, 3.05) is 33.3 Å². The second-order valence-corrected chi connectivity index (χ2v) is 13.1. The molecule has 0 unspecified atom stereocenters. The van der Waals surface area contributed by atoms with Gasteiger partial charge in [-0.15, -0.1) is 0 Å². The Kier molecular flexibility index (Phi) is 9.41. The summed E-state index contributed by atoms with van der Waals surface area (Å²) in [6.45, 7) is 4.12. The summed E-state index contributed by atoms with van der Waals surface area (Å²) in [6, 6.07) is 21.4. The van der Waals surface area contributed by atoms with E-state index in [2.05, 4.69) is 12.1 Å². The Bertz CT molecular complexity index is 1750. The van der Waals surface area contributed by atoms with Gasteiger partial charge in [-0.3, -0.25) is 9.59 Å². The quantitative estimate of drug-likeness (QED) is 0.277. The van der Waals surface area contributed by atoms with Crippen molar-refractivity contribution in [3.8, 4) is 12.1 Å². The normalized spacial score (nSPS) is 17.4. The van der Waals surface area contributed by atoms with Gasteiger partial charge in [0, 0.05) is 37.3 Å².